The SMILES string of the molecule is Cc1ccccc1N1C[C@](O)(c2ccc(F)cc2)[N+]2=C1CCCCC2. The minimum atomic E-state index is -1.12. The third kappa shape index (κ3) is 2.74. The van der Waals surface area contributed by atoms with Gasteiger partial charge in [-0.1, -0.05) is 18.2 Å². The summed E-state index contributed by atoms with van der Waals surface area (Å²) in [5.41, 5.74) is 1.98. The number of β-amino-alcohol motifs (C(OH)–C–C–N with tert-alkyl or cyclic N) is 1. The number of para-hydroxylation sites is 1. The highest BCUT2D eigenvalue weighted by Crippen LogP contribution is 2.36. The minimum Gasteiger partial charge on any atom is -0.346 e. The lowest BCUT2D eigenvalue weighted by Gasteiger charge is -2.23. The average Bonchev–Trinajstić information content (AvgIpc) is 2.78. The number of hydrogen-bond donors (Lipinski definition) is 1. The Morgan fingerprint density at radius 1 is 1.04 bits per heavy atom. The smallest absolute Gasteiger partial charge is 0.271 e. The van der Waals surface area contributed by atoms with E-state index in [1.165, 1.54) is 30.0 Å². The van der Waals surface area contributed by atoms with Crippen molar-refractivity contribution in [2.24, 2.45) is 0 Å². The maximum absolute atomic E-state index is 13.4. The van der Waals surface area contributed by atoms with E-state index in [-0.39, 0.29) is 5.82 Å². The number of halogens is 1. The van der Waals surface area contributed by atoms with Gasteiger partial charge in [-0.3, -0.25) is 0 Å². The van der Waals surface area contributed by atoms with E-state index in [4.69, 9.17) is 0 Å². The second-order valence-electron chi connectivity index (χ2n) is 7.07. The Hall–Kier alpha value is -2.20. The lowest BCUT2D eigenvalue weighted by atomic mass is 10.0. The summed E-state index contributed by atoms with van der Waals surface area (Å²) in [7, 11) is 0. The highest BCUT2D eigenvalue weighted by Gasteiger charge is 2.52. The number of hydrogen-bond acceptors (Lipinski definition) is 2. The van der Waals surface area contributed by atoms with Gasteiger partial charge in [-0.05, 0) is 62.1 Å². The Kier molecular flexibility index (Phi) is 4.08. The zero-order valence-electron chi connectivity index (χ0n) is 14.6. The van der Waals surface area contributed by atoms with Crippen molar-refractivity contribution < 1.29 is 14.1 Å². The van der Waals surface area contributed by atoms with E-state index < -0.39 is 5.72 Å². The first-order valence-electron chi connectivity index (χ1n) is 9.05. The lowest BCUT2D eigenvalue weighted by Crippen LogP contribution is -2.41. The van der Waals surface area contributed by atoms with Gasteiger partial charge in [-0.15, -0.1) is 0 Å². The summed E-state index contributed by atoms with van der Waals surface area (Å²) in [5, 5.41) is 11.6. The summed E-state index contributed by atoms with van der Waals surface area (Å²) in [6.45, 7) is 3.40. The van der Waals surface area contributed by atoms with Crippen molar-refractivity contribution >= 4 is 11.5 Å². The van der Waals surface area contributed by atoms with Crippen LogP contribution in [0.25, 0.3) is 0 Å². The molecule has 0 bridgehead atoms. The van der Waals surface area contributed by atoms with E-state index in [1.807, 2.05) is 12.1 Å². The largest absolute Gasteiger partial charge is 0.346 e. The molecule has 0 spiro atoms. The number of rotatable bonds is 2. The second kappa shape index (κ2) is 6.26. The van der Waals surface area contributed by atoms with Crippen LogP contribution in [0.3, 0.4) is 0 Å². The lowest BCUT2D eigenvalue weighted by molar-refractivity contribution is -0.658. The molecule has 0 fully saturated rings. The molecule has 4 rings (SSSR count). The van der Waals surface area contributed by atoms with Crippen LogP contribution in [0.5, 0.6) is 0 Å². The first kappa shape index (κ1) is 16.3. The number of aryl methyl sites for hydroxylation is 1. The summed E-state index contributed by atoms with van der Waals surface area (Å²) in [4.78, 5) is 2.25. The number of anilines is 1. The molecule has 0 unspecified atom stereocenters. The summed E-state index contributed by atoms with van der Waals surface area (Å²) >= 11 is 0. The summed E-state index contributed by atoms with van der Waals surface area (Å²) < 4.78 is 15.5. The highest BCUT2D eigenvalue weighted by molar-refractivity contribution is 5.96. The molecule has 130 valence electrons. The molecule has 4 heteroatoms. The molecular formula is C21H24FN2O+. The molecule has 2 aromatic carbocycles. The quantitative estimate of drug-likeness (QED) is 0.843. The molecule has 1 atom stereocenters. The van der Waals surface area contributed by atoms with Crippen LogP contribution in [0.2, 0.25) is 0 Å². The highest BCUT2D eigenvalue weighted by atomic mass is 19.1. The fourth-order valence-corrected chi connectivity index (χ4v) is 4.12. The maximum atomic E-state index is 13.4. The van der Waals surface area contributed by atoms with Crippen LogP contribution in [0.4, 0.5) is 10.1 Å². The Labute approximate surface area is 148 Å². The Morgan fingerprint density at radius 2 is 1.80 bits per heavy atom. The molecule has 1 N–H and O–H groups in total. The molecule has 25 heavy (non-hydrogen) atoms. The van der Waals surface area contributed by atoms with Gasteiger partial charge in [-0.25, -0.2) is 13.9 Å². The first-order valence-corrected chi connectivity index (χ1v) is 9.05. The van der Waals surface area contributed by atoms with Gasteiger partial charge in [-0.2, -0.15) is 0 Å². The van der Waals surface area contributed by atoms with Gasteiger partial charge in [0.1, 0.15) is 11.5 Å². The molecule has 0 aromatic heterocycles. The average molecular weight is 339 g/mol. The van der Waals surface area contributed by atoms with Gasteiger partial charge in [0.25, 0.3) is 11.6 Å². The number of amidine groups is 1. The molecule has 2 aliphatic rings. The molecule has 2 heterocycles. The second-order valence-corrected chi connectivity index (χ2v) is 7.07. The third-order valence-corrected chi connectivity index (χ3v) is 5.44. The fourth-order valence-electron chi connectivity index (χ4n) is 4.12. The maximum Gasteiger partial charge on any atom is 0.271 e. The van der Waals surface area contributed by atoms with Crippen LogP contribution in [-0.2, 0) is 5.72 Å². The van der Waals surface area contributed by atoms with E-state index in [0.717, 1.165) is 37.1 Å². The van der Waals surface area contributed by atoms with E-state index in [0.29, 0.717) is 6.54 Å². The monoisotopic (exact) mass is 339 g/mol. The van der Waals surface area contributed by atoms with Crippen molar-refractivity contribution in [3.63, 3.8) is 0 Å². The Bertz CT molecular complexity index is 815. The van der Waals surface area contributed by atoms with E-state index in [2.05, 4.69) is 28.5 Å². The zero-order valence-corrected chi connectivity index (χ0v) is 14.6. The predicted molar refractivity (Wildman–Crippen MR) is 97.4 cm³/mol. The predicted octanol–water partition coefficient (Wildman–Crippen LogP) is 3.78. The van der Waals surface area contributed by atoms with Crippen molar-refractivity contribution in [3.8, 4) is 0 Å². The van der Waals surface area contributed by atoms with E-state index in [1.54, 1.807) is 12.1 Å². The van der Waals surface area contributed by atoms with Gasteiger partial charge in [0.15, 0.2) is 6.54 Å². The van der Waals surface area contributed by atoms with Crippen LogP contribution in [0.15, 0.2) is 48.5 Å². The van der Waals surface area contributed by atoms with Crippen molar-refractivity contribution in [3.05, 3.63) is 65.5 Å². The Morgan fingerprint density at radius 3 is 2.56 bits per heavy atom. The summed E-state index contributed by atoms with van der Waals surface area (Å²) in [5.74, 6) is 0.903. The molecule has 2 aromatic rings. The van der Waals surface area contributed by atoms with Gasteiger partial charge in [0.2, 0.25) is 0 Å². The number of benzene rings is 2. The van der Waals surface area contributed by atoms with E-state index in [9.17, 15) is 9.50 Å². The molecule has 0 aliphatic carbocycles. The number of aliphatic hydroxyl groups is 1. The van der Waals surface area contributed by atoms with Crippen molar-refractivity contribution in [2.45, 2.75) is 38.3 Å². The van der Waals surface area contributed by atoms with Gasteiger partial charge in [0.05, 0.1) is 6.54 Å². The molecule has 0 radical (unpaired) electrons. The van der Waals surface area contributed by atoms with Crippen LogP contribution in [0.1, 0.15) is 36.8 Å². The van der Waals surface area contributed by atoms with Crippen molar-refractivity contribution in [1.82, 2.24) is 0 Å². The van der Waals surface area contributed by atoms with Crippen LogP contribution < -0.4 is 4.90 Å². The summed E-state index contributed by atoms with van der Waals surface area (Å²) in [6.07, 6.45) is 4.32. The zero-order chi connectivity index (χ0) is 17.4. The van der Waals surface area contributed by atoms with E-state index >= 15 is 0 Å². The van der Waals surface area contributed by atoms with Gasteiger partial charge < -0.3 is 5.11 Å². The fraction of sp³-hybridized carbons (Fsp3) is 0.381. The molecular weight excluding hydrogens is 315 g/mol. The van der Waals surface area contributed by atoms with Gasteiger partial charge in [0, 0.05) is 12.0 Å². The van der Waals surface area contributed by atoms with Gasteiger partial charge >= 0.3 is 0 Å². The third-order valence-electron chi connectivity index (χ3n) is 5.44. The van der Waals surface area contributed by atoms with Crippen LogP contribution >= 0.6 is 0 Å². The summed E-state index contributed by atoms with van der Waals surface area (Å²) in [6, 6.07) is 14.6. The minimum absolute atomic E-state index is 0.277. The van der Waals surface area contributed by atoms with Crippen LogP contribution in [-0.4, -0.2) is 28.6 Å². The van der Waals surface area contributed by atoms with Crippen LogP contribution in [0, 0.1) is 12.7 Å². The topological polar surface area (TPSA) is 26.5 Å². The normalized spacial score (nSPS) is 23.6. The standard InChI is InChI=1S/C21H24FN2O/c1-16-7-4-5-8-19(16)23-15-21(25,17-10-12-18(22)13-11-17)24-14-6-2-3-9-20(23)24/h4-5,7-8,10-13,25H,2-3,6,9,14-15H2,1H3/q+1/t21-/m0/s1. The first-order chi connectivity index (χ1) is 12.1. The number of nitrogens with zero attached hydrogens (tertiary/aromatic N) is 2. The molecule has 0 amide bonds. The molecule has 2 aliphatic heterocycles. The van der Waals surface area contributed by atoms with Crippen molar-refractivity contribution in [2.75, 3.05) is 18.0 Å². The molecule has 3 nitrogen and oxygen atoms in total. The Balaban J connectivity index is 1.83. The van der Waals surface area contributed by atoms with Crippen molar-refractivity contribution in [1.29, 1.82) is 0 Å². The molecule has 0 saturated carbocycles. The molecule has 0 saturated heterocycles.